The van der Waals surface area contributed by atoms with E-state index in [4.69, 9.17) is 9.52 Å². The maximum atomic E-state index is 11.0. The molecule has 2 N–H and O–H groups in total. The lowest BCUT2D eigenvalue weighted by molar-refractivity contribution is -0.138. The van der Waals surface area contributed by atoms with Crippen LogP contribution in [0, 0.1) is 13.8 Å². The number of oxazole rings is 1. The molecule has 0 spiro atoms. The fourth-order valence-corrected chi connectivity index (χ4v) is 2.32. The molecule has 1 unspecified atom stereocenters. The molecule has 1 saturated carbocycles. The van der Waals surface area contributed by atoms with Gasteiger partial charge in [0.2, 0.25) is 0 Å². The highest BCUT2D eigenvalue weighted by molar-refractivity contribution is 7.99. The van der Waals surface area contributed by atoms with E-state index in [0.717, 1.165) is 24.3 Å². The summed E-state index contributed by atoms with van der Waals surface area (Å²) in [6.45, 7) is 3.73. The minimum absolute atomic E-state index is 0.379. The first-order chi connectivity index (χ1) is 8.06. The van der Waals surface area contributed by atoms with Crippen LogP contribution >= 0.6 is 11.8 Å². The summed E-state index contributed by atoms with van der Waals surface area (Å²) in [5.74, 6) is 0.407. The van der Waals surface area contributed by atoms with E-state index in [0.29, 0.717) is 17.0 Å². The van der Waals surface area contributed by atoms with Crippen molar-refractivity contribution in [1.82, 2.24) is 10.3 Å². The number of carboxylic acids is 1. The average Bonchev–Trinajstić information content (AvgIpc) is 3.01. The molecule has 1 aliphatic carbocycles. The van der Waals surface area contributed by atoms with E-state index in [1.807, 2.05) is 13.8 Å². The summed E-state index contributed by atoms with van der Waals surface area (Å²) in [6.07, 6.45) is 2.15. The van der Waals surface area contributed by atoms with E-state index in [2.05, 4.69) is 10.3 Å². The van der Waals surface area contributed by atoms with E-state index in [-0.39, 0.29) is 0 Å². The second-order valence-corrected chi connectivity index (χ2v) is 5.24. The van der Waals surface area contributed by atoms with Crippen molar-refractivity contribution in [2.45, 2.75) is 44.0 Å². The van der Waals surface area contributed by atoms with Crippen LogP contribution in [-0.4, -0.2) is 33.9 Å². The van der Waals surface area contributed by atoms with Crippen molar-refractivity contribution in [2.75, 3.05) is 5.75 Å². The minimum Gasteiger partial charge on any atom is -0.480 e. The van der Waals surface area contributed by atoms with Gasteiger partial charge < -0.3 is 14.8 Å². The van der Waals surface area contributed by atoms with E-state index >= 15 is 0 Å². The highest BCUT2D eigenvalue weighted by Crippen LogP contribution is 2.23. The second-order valence-electron chi connectivity index (χ2n) is 4.26. The molecular weight excluding hydrogens is 240 g/mol. The fraction of sp³-hybridized carbons (Fsp3) is 0.636. The summed E-state index contributed by atoms with van der Waals surface area (Å²) in [7, 11) is 0. The highest BCUT2D eigenvalue weighted by Gasteiger charge is 2.28. The molecule has 1 heterocycles. The Bertz CT molecular complexity index is 395. The number of rotatable bonds is 6. The number of hydrogen-bond acceptors (Lipinski definition) is 5. The van der Waals surface area contributed by atoms with Gasteiger partial charge in [0, 0.05) is 11.8 Å². The Morgan fingerprint density at radius 2 is 2.35 bits per heavy atom. The van der Waals surface area contributed by atoms with E-state index in [1.165, 1.54) is 11.8 Å². The normalized spacial score (nSPS) is 17.1. The van der Waals surface area contributed by atoms with Crippen LogP contribution in [0.2, 0.25) is 0 Å². The maximum absolute atomic E-state index is 11.0. The van der Waals surface area contributed by atoms with Gasteiger partial charge in [0.15, 0.2) is 0 Å². The Balaban J connectivity index is 1.87. The predicted molar refractivity (Wildman–Crippen MR) is 64.3 cm³/mol. The molecule has 1 atom stereocenters. The zero-order chi connectivity index (χ0) is 12.4. The molecule has 0 bridgehead atoms. The van der Waals surface area contributed by atoms with Crippen molar-refractivity contribution in [3.63, 3.8) is 0 Å². The van der Waals surface area contributed by atoms with Gasteiger partial charge in [-0.05, 0) is 26.7 Å². The van der Waals surface area contributed by atoms with Gasteiger partial charge in [-0.3, -0.25) is 4.79 Å². The first-order valence-electron chi connectivity index (χ1n) is 5.62. The van der Waals surface area contributed by atoms with Gasteiger partial charge in [-0.15, -0.1) is 0 Å². The lowest BCUT2D eigenvalue weighted by Crippen LogP contribution is -2.40. The number of nitrogens with one attached hydrogen (secondary N) is 1. The molecule has 1 fully saturated rings. The minimum atomic E-state index is -0.815. The highest BCUT2D eigenvalue weighted by atomic mass is 32.2. The Kier molecular flexibility index (Phi) is 3.73. The molecule has 1 aromatic rings. The standard InChI is InChI=1S/C11H16N2O3S/c1-6-7(2)16-11(12-6)17-5-9(10(14)15)13-8-3-4-8/h8-9,13H,3-5H2,1-2H3,(H,14,15). The van der Waals surface area contributed by atoms with E-state index in [1.54, 1.807) is 0 Å². The summed E-state index contributed by atoms with van der Waals surface area (Å²) in [5, 5.41) is 12.7. The van der Waals surface area contributed by atoms with Crippen LogP contribution < -0.4 is 5.32 Å². The van der Waals surface area contributed by atoms with Gasteiger partial charge in [0.1, 0.15) is 11.8 Å². The fourth-order valence-electron chi connectivity index (χ4n) is 1.38. The van der Waals surface area contributed by atoms with E-state index < -0.39 is 12.0 Å². The Labute approximate surface area is 104 Å². The molecule has 5 nitrogen and oxygen atoms in total. The van der Waals surface area contributed by atoms with Crippen LogP contribution in [0.5, 0.6) is 0 Å². The molecule has 0 aromatic carbocycles. The van der Waals surface area contributed by atoms with Crippen LogP contribution in [0.4, 0.5) is 0 Å². The number of aryl methyl sites for hydroxylation is 2. The molecule has 1 aliphatic rings. The predicted octanol–water partition coefficient (Wildman–Crippen LogP) is 1.59. The first-order valence-corrected chi connectivity index (χ1v) is 6.60. The third-order valence-electron chi connectivity index (χ3n) is 2.69. The Morgan fingerprint density at radius 1 is 1.65 bits per heavy atom. The van der Waals surface area contributed by atoms with Gasteiger partial charge in [-0.2, -0.15) is 0 Å². The van der Waals surface area contributed by atoms with Crippen LogP contribution in [0.1, 0.15) is 24.3 Å². The molecular formula is C11H16N2O3S. The largest absolute Gasteiger partial charge is 0.480 e. The van der Waals surface area contributed by atoms with E-state index in [9.17, 15) is 4.79 Å². The quantitative estimate of drug-likeness (QED) is 0.753. The summed E-state index contributed by atoms with van der Waals surface area (Å²) in [4.78, 5) is 15.2. The van der Waals surface area contributed by atoms with Gasteiger partial charge in [0.25, 0.3) is 5.22 Å². The van der Waals surface area contributed by atoms with Crippen LogP contribution in [0.15, 0.2) is 9.64 Å². The molecule has 0 aliphatic heterocycles. The van der Waals surface area contributed by atoms with Gasteiger partial charge >= 0.3 is 5.97 Å². The van der Waals surface area contributed by atoms with Crippen LogP contribution in [-0.2, 0) is 4.79 Å². The van der Waals surface area contributed by atoms with Gasteiger partial charge in [-0.25, -0.2) is 4.98 Å². The SMILES string of the molecule is Cc1nc(SCC(NC2CC2)C(=O)O)oc1C. The summed E-state index contributed by atoms with van der Waals surface area (Å²) < 4.78 is 5.40. The zero-order valence-corrected chi connectivity index (χ0v) is 10.7. The van der Waals surface area contributed by atoms with Crippen LogP contribution in [0.25, 0.3) is 0 Å². The van der Waals surface area contributed by atoms with Crippen molar-refractivity contribution in [3.05, 3.63) is 11.5 Å². The molecule has 0 radical (unpaired) electrons. The number of carbonyl (C=O) groups is 1. The number of hydrogen-bond donors (Lipinski definition) is 2. The molecule has 6 heteroatoms. The molecule has 0 saturated heterocycles. The van der Waals surface area contributed by atoms with Crippen molar-refractivity contribution in [1.29, 1.82) is 0 Å². The zero-order valence-electron chi connectivity index (χ0n) is 9.90. The van der Waals surface area contributed by atoms with Crippen molar-refractivity contribution >= 4 is 17.7 Å². The van der Waals surface area contributed by atoms with Crippen molar-refractivity contribution in [2.24, 2.45) is 0 Å². The Hall–Kier alpha value is -1.01. The summed E-state index contributed by atoms with van der Waals surface area (Å²) in [5.41, 5.74) is 0.856. The lowest BCUT2D eigenvalue weighted by atomic mass is 10.3. The third kappa shape index (κ3) is 3.47. The number of carboxylic acid groups (broad SMARTS) is 1. The number of aliphatic carboxylic acids is 1. The van der Waals surface area contributed by atoms with Crippen LogP contribution in [0.3, 0.4) is 0 Å². The third-order valence-corrected chi connectivity index (χ3v) is 3.62. The maximum Gasteiger partial charge on any atom is 0.321 e. The molecule has 1 aromatic heterocycles. The smallest absolute Gasteiger partial charge is 0.321 e. The summed E-state index contributed by atoms with van der Waals surface area (Å²) in [6, 6.07) is -0.148. The molecule has 0 amide bonds. The summed E-state index contributed by atoms with van der Waals surface area (Å²) >= 11 is 1.34. The second kappa shape index (κ2) is 5.10. The average molecular weight is 256 g/mol. The molecule has 17 heavy (non-hydrogen) atoms. The number of aromatic nitrogens is 1. The monoisotopic (exact) mass is 256 g/mol. The van der Waals surface area contributed by atoms with Gasteiger partial charge in [0.05, 0.1) is 5.69 Å². The van der Waals surface area contributed by atoms with Gasteiger partial charge in [-0.1, -0.05) is 11.8 Å². The number of thioether (sulfide) groups is 1. The molecule has 2 rings (SSSR count). The number of nitrogens with zero attached hydrogens (tertiary/aromatic N) is 1. The Morgan fingerprint density at radius 3 is 2.82 bits per heavy atom. The topological polar surface area (TPSA) is 75.4 Å². The molecule has 94 valence electrons. The van der Waals surface area contributed by atoms with Crippen molar-refractivity contribution < 1.29 is 14.3 Å². The first kappa shape index (κ1) is 12.4. The van der Waals surface area contributed by atoms with Crippen molar-refractivity contribution in [3.8, 4) is 0 Å². The lowest BCUT2D eigenvalue weighted by Gasteiger charge is -2.11.